The van der Waals surface area contributed by atoms with Crippen LogP contribution in [0.4, 0.5) is 0 Å². The molecule has 2 aliphatic rings. The van der Waals surface area contributed by atoms with Crippen LogP contribution >= 0.6 is 0 Å². The second-order valence-corrected chi connectivity index (χ2v) is 7.37. The van der Waals surface area contributed by atoms with Gasteiger partial charge in [0, 0.05) is 45.1 Å². The van der Waals surface area contributed by atoms with Crippen molar-refractivity contribution in [2.75, 3.05) is 33.3 Å². The Hall–Kier alpha value is -2.41. The molecule has 144 valence electrons. The molecule has 4 rings (SSSR count). The van der Waals surface area contributed by atoms with Gasteiger partial charge in [0.25, 0.3) is 5.91 Å². The molecule has 1 N–H and O–H groups in total. The largest absolute Gasteiger partial charge is 0.496 e. The van der Waals surface area contributed by atoms with E-state index in [0.29, 0.717) is 17.9 Å². The molecule has 2 aromatic rings. The zero-order valence-corrected chi connectivity index (χ0v) is 16.1. The van der Waals surface area contributed by atoms with Crippen molar-refractivity contribution in [1.82, 2.24) is 25.0 Å². The summed E-state index contributed by atoms with van der Waals surface area (Å²) in [6, 6.07) is 5.73. The van der Waals surface area contributed by atoms with E-state index >= 15 is 0 Å². The lowest BCUT2D eigenvalue weighted by atomic mass is 9.96. The van der Waals surface area contributed by atoms with E-state index in [0.717, 1.165) is 62.7 Å². The number of aromatic nitrogens is 3. The van der Waals surface area contributed by atoms with Gasteiger partial charge in [0.1, 0.15) is 17.4 Å². The lowest BCUT2D eigenvalue weighted by molar-refractivity contribution is 0.0699. The molecule has 0 radical (unpaired) electrons. The van der Waals surface area contributed by atoms with Crippen LogP contribution in [0.15, 0.2) is 18.2 Å². The van der Waals surface area contributed by atoms with Gasteiger partial charge in [-0.25, -0.2) is 0 Å². The average Bonchev–Trinajstić information content (AvgIpc) is 2.95. The second-order valence-electron chi connectivity index (χ2n) is 7.37. The van der Waals surface area contributed by atoms with Crippen molar-refractivity contribution in [3.63, 3.8) is 0 Å². The van der Waals surface area contributed by atoms with E-state index in [4.69, 9.17) is 4.74 Å². The summed E-state index contributed by atoms with van der Waals surface area (Å²) in [5, 5.41) is 12.3. The smallest absolute Gasteiger partial charge is 0.257 e. The molecular weight excluding hydrogens is 342 g/mol. The summed E-state index contributed by atoms with van der Waals surface area (Å²) in [6.07, 6.45) is 2.92. The third-order valence-corrected chi connectivity index (χ3v) is 5.61. The molecular formula is C20H27N5O2. The van der Waals surface area contributed by atoms with E-state index < -0.39 is 0 Å². The molecule has 1 fully saturated rings. The van der Waals surface area contributed by atoms with Crippen molar-refractivity contribution in [2.45, 2.75) is 38.6 Å². The lowest BCUT2D eigenvalue weighted by Crippen LogP contribution is -2.40. The highest BCUT2D eigenvalue weighted by Crippen LogP contribution is 2.30. The SMILES string of the molecule is COc1c(C)cccc1C(=O)N1CCC[C@H](c2nnc3n2CCNCC3)C1. The minimum absolute atomic E-state index is 0.0394. The number of methoxy groups -OCH3 is 1. The summed E-state index contributed by atoms with van der Waals surface area (Å²) < 4.78 is 7.75. The number of nitrogens with one attached hydrogen (secondary N) is 1. The Morgan fingerprint density at radius 2 is 2.15 bits per heavy atom. The number of fused-ring (bicyclic) bond motifs is 1. The number of nitrogens with zero attached hydrogens (tertiary/aromatic N) is 4. The predicted octanol–water partition coefficient (Wildman–Crippen LogP) is 1.76. The number of benzene rings is 1. The van der Waals surface area contributed by atoms with E-state index in [2.05, 4.69) is 20.1 Å². The zero-order valence-electron chi connectivity index (χ0n) is 16.1. The van der Waals surface area contributed by atoms with Crippen molar-refractivity contribution in [3.05, 3.63) is 41.0 Å². The number of carbonyl (C=O) groups excluding carboxylic acids is 1. The van der Waals surface area contributed by atoms with E-state index in [9.17, 15) is 4.79 Å². The van der Waals surface area contributed by atoms with Crippen molar-refractivity contribution in [2.24, 2.45) is 0 Å². The zero-order chi connectivity index (χ0) is 18.8. The summed E-state index contributed by atoms with van der Waals surface area (Å²) in [4.78, 5) is 15.1. The van der Waals surface area contributed by atoms with Crippen LogP contribution in [0.25, 0.3) is 0 Å². The number of rotatable bonds is 3. The van der Waals surface area contributed by atoms with Gasteiger partial charge in [-0.2, -0.15) is 0 Å². The Morgan fingerprint density at radius 3 is 3.00 bits per heavy atom. The van der Waals surface area contributed by atoms with Crippen molar-refractivity contribution in [3.8, 4) is 5.75 Å². The fourth-order valence-electron chi connectivity index (χ4n) is 4.23. The number of likely N-dealkylation sites (tertiary alicyclic amines) is 1. The second kappa shape index (κ2) is 7.68. The van der Waals surface area contributed by atoms with E-state index in [-0.39, 0.29) is 11.8 Å². The summed E-state index contributed by atoms with van der Waals surface area (Å²) in [7, 11) is 1.62. The molecule has 7 nitrogen and oxygen atoms in total. The fourth-order valence-corrected chi connectivity index (χ4v) is 4.23. The monoisotopic (exact) mass is 369 g/mol. The normalized spacial score (nSPS) is 20.1. The molecule has 1 amide bonds. The van der Waals surface area contributed by atoms with Crippen LogP contribution in [0, 0.1) is 6.92 Å². The summed E-state index contributed by atoms with van der Waals surface area (Å²) in [6.45, 7) is 6.20. The van der Waals surface area contributed by atoms with Gasteiger partial charge in [0.15, 0.2) is 0 Å². The van der Waals surface area contributed by atoms with E-state index in [1.165, 1.54) is 0 Å². The number of ether oxygens (including phenoxy) is 1. The number of hydrogen-bond acceptors (Lipinski definition) is 5. The maximum absolute atomic E-state index is 13.2. The Kier molecular flexibility index (Phi) is 5.11. The molecule has 0 saturated carbocycles. The molecule has 7 heteroatoms. The summed E-state index contributed by atoms with van der Waals surface area (Å²) in [5.74, 6) is 3.03. The summed E-state index contributed by atoms with van der Waals surface area (Å²) >= 11 is 0. The molecule has 1 atom stereocenters. The van der Waals surface area contributed by atoms with Gasteiger partial charge in [0.2, 0.25) is 0 Å². The van der Waals surface area contributed by atoms with E-state index in [1.54, 1.807) is 7.11 Å². The van der Waals surface area contributed by atoms with Crippen LogP contribution in [-0.2, 0) is 13.0 Å². The first-order valence-electron chi connectivity index (χ1n) is 9.74. The molecule has 0 bridgehead atoms. The number of carbonyl (C=O) groups is 1. The third kappa shape index (κ3) is 3.43. The highest BCUT2D eigenvalue weighted by Gasteiger charge is 2.31. The average molecular weight is 369 g/mol. The topological polar surface area (TPSA) is 72.3 Å². The number of amides is 1. The highest BCUT2D eigenvalue weighted by atomic mass is 16.5. The number of para-hydroxylation sites is 1. The van der Waals surface area contributed by atoms with Gasteiger partial charge in [-0.15, -0.1) is 10.2 Å². The molecule has 0 aliphatic carbocycles. The van der Waals surface area contributed by atoms with Gasteiger partial charge in [-0.3, -0.25) is 4.79 Å². The van der Waals surface area contributed by atoms with Gasteiger partial charge in [-0.05, 0) is 31.4 Å². The molecule has 0 unspecified atom stereocenters. The quantitative estimate of drug-likeness (QED) is 0.893. The molecule has 1 saturated heterocycles. The van der Waals surface area contributed by atoms with Gasteiger partial charge in [-0.1, -0.05) is 12.1 Å². The van der Waals surface area contributed by atoms with E-state index in [1.807, 2.05) is 30.0 Å². The van der Waals surface area contributed by atoms with Crippen LogP contribution in [0.2, 0.25) is 0 Å². The van der Waals surface area contributed by atoms with Crippen LogP contribution < -0.4 is 10.1 Å². The number of aryl methyl sites for hydroxylation is 1. The molecule has 1 aromatic heterocycles. The van der Waals surface area contributed by atoms with Gasteiger partial charge >= 0.3 is 0 Å². The van der Waals surface area contributed by atoms with Crippen LogP contribution in [-0.4, -0.2) is 58.9 Å². The first kappa shape index (κ1) is 18.0. The van der Waals surface area contributed by atoms with Crippen LogP contribution in [0.5, 0.6) is 5.75 Å². The Morgan fingerprint density at radius 1 is 1.26 bits per heavy atom. The highest BCUT2D eigenvalue weighted by molar-refractivity contribution is 5.97. The number of piperidine rings is 1. The number of hydrogen-bond donors (Lipinski definition) is 1. The maximum Gasteiger partial charge on any atom is 0.257 e. The first-order valence-corrected chi connectivity index (χ1v) is 9.74. The summed E-state index contributed by atoms with van der Waals surface area (Å²) in [5.41, 5.74) is 1.62. The molecule has 2 aliphatic heterocycles. The molecule has 0 spiro atoms. The first-order chi connectivity index (χ1) is 13.2. The van der Waals surface area contributed by atoms with Crippen molar-refractivity contribution >= 4 is 5.91 Å². The lowest BCUT2D eigenvalue weighted by Gasteiger charge is -2.33. The molecule has 1 aromatic carbocycles. The Labute approximate surface area is 159 Å². The minimum Gasteiger partial charge on any atom is -0.496 e. The van der Waals surface area contributed by atoms with Crippen molar-refractivity contribution in [1.29, 1.82) is 0 Å². The Balaban J connectivity index is 1.56. The maximum atomic E-state index is 13.2. The fraction of sp³-hybridized carbons (Fsp3) is 0.550. The minimum atomic E-state index is 0.0394. The van der Waals surface area contributed by atoms with Gasteiger partial charge in [0.05, 0.1) is 12.7 Å². The van der Waals surface area contributed by atoms with Crippen molar-refractivity contribution < 1.29 is 9.53 Å². The van der Waals surface area contributed by atoms with Crippen LogP contribution in [0.1, 0.15) is 46.3 Å². The molecule has 3 heterocycles. The predicted molar refractivity (Wildman–Crippen MR) is 102 cm³/mol. The van der Waals surface area contributed by atoms with Crippen LogP contribution in [0.3, 0.4) is 0 Å². The molecule has 27 heavy (non-hydrogen) atoms. The van der Waals surface area contributed by atoms with Gasteiger partial charge < -0.3 is 19.5 Å². The third-order valence-electron chi connectivity index (χ3n) is 5.61. The standard InChI is InChI=1S/C20H27N5O2/c1-14-5-3-7-16(18(14)27-2)20(26)24-11-4-6-15(13-24)19-23-22-17-8-9-21-10-12-25(17)19/h3,5,7,15,21H,4,6,8-13H2,1-2H3/t15-/m0/s1. The Bertz CT molecular complexity index is 832.